The van der Waals surface area contributed by atoms with E-state index < -0.39 is 0 Å². The van der Waals surface area contributed by atoms with Gasteiger partial charge in [0.05, 0.1) is 5.02 Å². The molecule has 1 aromatic rings. The molecule has 0 spiro atoms. The third-order valence-corrected chi connectivity index (χ3v) is 3.90. The minimum absolute atomic E-state index is 0.213. The summed E-state index contributed by atoms with van der Waals surface area (Å²) in [4.78, 5) is 4.83. The van der Waals surface area contributed by atoms with Crippen LogP contribution in [-0.4, -0.2) is 47.9 Å². The lowest BCUT2D eigenvalue weighted by molar-refractivity contribution is 0.133. The Morgan fingerprint density at radius 2 is 1.83 bits per heavy atom. The summed E-state index contributed by atoms with van der Waals surface area (Å²) in [6, 6.07) is 4.98. The normalized spacial score (nSPS) is 18.2. The third kappa shape index (κ3) is 3.92. The summed E-state index contributed by atoms with van der Waals surface area (Å²) in [5, 5.41) is 1.24. The first-order valence-electron chi connectivity index (χ1n) is 6.13. The Labute approximate surface area is 121 Å². The van der Waals surface area contributed by atoms with E-state index in [-0.39, 0.29) is 10.8 Å². The molecule has 100 valence electrons. The molecule has 1 aromatic carbocycles. The fraction of sp³-hybridized carbons (Fsp3) is 0.538. The van der Waals surface area contributed by atoms with Crippen LogP contribution in [0.3, 0.4) is 0 Å². The topological polar surface area (TPSA) is 6.48 Å². The molecule has 1 fully saturated rings. The fourth-order valence-electron chi connectivity index (χ4n) is 2.19. The van der Waals surface area contributed by atoms with E-state index in [1.165, 1.54) is 6.07 Å². The van der Waals surface area contributed by atoms with Crippen molar-refractivity contribution in [1.29, 1.82) is 0 Å². The molecule has 2 nitrogen and oxygen atoms in total. The molecule has 0 amide bonds. The summed E-state index contributed by atoms with van der Waals surface area (Å²) in [5.41, 5.74) is 1.08. The van der Waals surface area contributed by atoms with E-state index in [9.17, 15) is 4.39 Å². The molecule has 5 heteroatoms. The van der Waals surface area contributed by atoms with Gasteiger partial charge in [-0.05, 0) is 17.7 Å². The molecule has 0 atom stereocenters. The Morgan fingerprint density at radius 1 is 1.17 bits per heavy atom. The zero-order chi connectivity index (χ0) is 13.0. The van der Waals surface area contributed by atoms with Crippen molar-refractivity contribution in [1.82, 2.24) is 9.80 Å². The zero-order valence-electron chi connectivity index (χ0n) is 10.2. The van der Waals surface area contributed by atoms with Crippen molar-refractivity contribution >= 4 is 27.5 Å². The highest BCUT2D eigenvalue weighted by atomic mass is 79.9. The van der Waals surface area contributed by atoms with Crippen molar-refractivity contribution in [3.05, 3.63) is 34.6 Å². The Kier molecular flexibility index (Phi) is 5.42. The van der Waals surface area contributed by atoms with Crippen LogP contribution in [0.2, 0.25) is 5.02 Å². The number of benzene rings is 1. The number of hydrogen-bond acceptors (Lipinski definition) is 2. The molecule has 0 aromatic heterocycles. The maximum atomic E-state index is 13.1. The molecule has 0 N–H and O–H groups in total. The maximum Gasteiger partial charge on any atom is 0.141 e. The molecular weight excluding hydrogens is 319 g/mol. The third-order valence-electron chi connectivity index (χ3n) is 3.26. The number of alkyl halides is 1. The fourth-order valence-corrected chi connectivity index (χ4v) is 2.89. The molecule has 18 heavy (non-hydrogen) atoms. The minimum atomic E-state index is -0.345. The highest BCUT2D eigenvalue weighted by Crippen LogP contribution is 2.17. The summed E-state index contributed by atoms with van der Waals surface area (Å²) in [6.07, 6.45) is 0. The lowest BCUT2D eigenvalue weighted by Crippen LogP contribution is -2.46. The number of halogens is 3. The summed E-state index contributed by atoms with van der Waals surface area (Å²) >= 11 is 9.25. The number of hydrogen-bond donors (Lipinski definition) is 0. The summed E-state index contributed by atoms with van der Waals surface area (Å²) in [7, 11) is 0. The van der Waals surface area contributed by atoms with Crippen LogP contribution in [-0.2, 0) is 6.54 Å². The standard InChI is InChI=1S/C13H17BrClFN2/c14-3-4-17-5-7-18(8-6-17)10-11-1-2-13(16)12(15)9-11/h1-2,9H,3-8,10H2. The first-order chi connectivity index (χ1) is 8.69. The van der Waals surface area contributed by atoms with Gasteiger partial charge in [0.1, 0.15) is 5.82 Å². The van der Waals surface area contributed by atoms with Gasteiger partial charge in [-0.2, -0.15) is 0 Å². The van der Waals surface area contributed by atoms with Crippen LogP contribution in [0.25, 0.3) is 0 Å². The molecule has 0 bridgehead atoms. The van der Waals surface area contributed by atoms with Crippen LogP contribution in [0, 0.1) is 5.82 Å². The molecule has 0 radical (unpaired) electrons. The van der Waals surface area contributed by atoms with Crippen molar-refractivity contribution in [2.24, 2.45) is 0 Å². The van der Waals surface area contributed by atoms with E-state index in [0.717, 1.165) is 50.2 Å². The van der Waals surface area contributed by atoms with Gasteiger partial charge in [0.15, 0.2) is 0 Å². The van der Waals surface area contributed by atoms with Crippen molar-refractivity contribution in [3.8, 4) is 0 Å². The average molecular weight is 336 g/mol. The van der Waals surface area contributed by atoms with Gasteiger partial charge in [-0.1, -0.05) is 33.6 Å². The van der Waals surface area contributed by atoms with Gasteiger partial charge in [-0.25, -0.2) is 4.39 Å². The van der Waals surface area contributed by atoms with Gasteiger partial charge in [-0.15, -0.1) is 0 Å². The first-order valence-corrected chi connectivity index (χ1v) is 7.63. The quantitative estimate of drug-likeness (QED) is 0.781. The molecule has 2 rings (SSSR count). The highest BCUT2D eigenvalue weighted by molar-refractivity contribution is 9.09. The van der Waals surface area contributed by atoms with Crippen molar-refractivity contribution in [2.45, 2.75) is 6.54 Å². The maximum absolute atomic E-state index is 13.1. The van der Waals surface area contributed by atoms with Crippen LogP contribution in [0.5, 0.6) is 0 Å². The van der Waals surface area contributed by atoms with E-state index in [4.69, 9.17) is 11.6 Å². The monoisotopic (exact) mass is 334 g/mol. The Morgan fingerprint density at radius 3 is 2.44 bits per heavy atom. The predicted molar refractivity (Wildman–Crippen MR) is 76.9 cm³/mol. The molecule has 0 aliphatic carbocycles. The lowest BCUT2D eigenvalue weighted by atomic mass is 10.2. The number of piperazine rings is 1. The first kappa shape index (κ1) is 14.3. The van der Waals surface area contributed by atoms with Crippen LogP contribution in [0.15, 0.2) is 18.2 Å². The van der Waals surface area contributed by atoms with Crippen molar-refractivity contribution in [3.63, 3.8) is 0 Å². The van der Waals surface area contributed by atoms with E-state index in [1.54, 1.807) is 6.07 Å². The largest absolute Gasteiger partial charge is 0.300 e. The second kappa shape index (κ2) is 6.85. The van der Waals surface area contributed by atoms with E-state index in [0.29, 0.717) is 0 Å². The zero-order valence-corrected chi connectivity index (χ0v) is 12.6. The molecular formula is C13H17BrClFN2. The number of nitrogens with zero attached hydrogens (tertiary/aromatic N) is 2. The van der Waals surface area contributed by atoms with E-state index in [2.05, 4.69) is 25.7 Å². The minimum Gasteiger partial charge on any atom is -0.300 e. The molecule has 0 unspecified atom stereocenters. The van der Waals surface area contributed by atoms with Gasteiger partial charge in [-0.3, -0.25) is 9.80 Å². The Balaban J connectivity index is 1.85. The smallest absolute Gasteiger partial charge is 0.141 e. The predicted octanol–water partition coefficient (Wildman–Crippen LogP) is 2.99. The van der Waals surface area contributed by atoms with Crippen LogP contribution in [0.1, 0.15) is 5.56 Å². The average Bonchev–Trinajstić information content (AvgIpc) is 2.37. The van der Waals surface area contributed by atoms with Gasteiger partial charge in [0, 0.05) is 44.6 Å². The summed E-state index contributed by atoms with van der Waals surface area (Å²) in [5.74, 6) is -0.345. The highest BCUT2D eigenvalue weighted by Gasteiger charge is 2.16. The molecule has 1 heterocycles. The van der Waals surface area contributed by atoms with E-state index in [1.807, 2.05) is 6.07 Å². The lowest BCUT2D eigenvalue weighted by Gasteiger charge is -2.34. The second-order valence-corrected chi connectivity index (χ2v) is 5.76. The Hall–Kier alpha value is -0.160. The summed E-state index contributed by atoms with van der Waals surface area (Å²) < 4.78 is 13.1. The molecule has 1 aliphatic rings. The van der Waals surface area contributed by atoms with Crippen LogP contribution >= 0.6 is 27.5 Å². The molecule has 1 saturated heterocycles. The Bertz CT molecular complexity index is 395. The van der Waals surface area contributed by atoms with Crippen LogP contribution in [0.4, 0.5) is 4.39 Å². The number of rotatable bonds is 4. The summed E-state index contributed by atoms with van der Waals surface area (Å²) in [6.45, 7) is 6.27. The van der Waals surface area contributed by atoms with Gasteiger partial charge < -0.3 is 0 Å². The van der Waals surface area contributed by atoms with E-state index >= 15 is 0 Å². The molecule has 0 saturated carbocycles. The van der Waals surface area contributed by atoms with Gasteiger partial charge in [0.25, 0.3) is 0 Å². The van der Waals surface area contributed by atoms with Gasteiger partial charge >= 0.3 is 0 Å². The SMILES string of the molecule is Fc1ccc(CN2CCN(CCBr)CC2)cc1Cl. The van der Waals surface area contributed by atoms with Gasteiger partial charge in [0.2, 0.25) is 0 Å². The van der Waals surface area contributed by atoms with Crippen LogP contribution < -0.4 is 0 Å². The molecule has 1 aliphatic heterocycles. The second-order valence-electron chi connectivity index (χ2n) is 4.56. The van der Waals surface area contributed by atoms with Crippen molar-refractivity contribution < 1.29 is 4.39 Å². The van der Waals surface area contributed by atoms with Crippen molar-refractivity contribution in [2.75, 3.05) is 38.1 Å².